The first kappa shape index (κ1) is 15.8. The molecule has 0 saturated heterocycles. The standard InChI is InChI=1S/C20H22N2O3/c1-19(2,3)11-23-13-8-9-17-15(10-13)20(12-24-18(21)22-20)14-6-4-5-7-16(14)25-17/h4-10H,11-12H2,1-3H3,(H2,21,22)/t20-/m1/s1. The van der Waals surface area contributed by atoms with Crippen LogP contribution in [0.2, 0.25) is 0 Å². The monoisotopic (exact) mass is 338 g/mol. The van der Waals surface area contributed by atoms with Gasteiger partial charge in [-0.25, -0.2) is 4.99 Å². The van der Waals surface area contributed by atoms with E-state index in [0.29, 0.717) is 13.2 Å². The smallest absolute Gasteiger partial charge is 0.283 e. The van der Waals surface area contributed by atoms with Crippen LogP contribution in [0.3, 0.4) is 0 Å². The minimum absolute atomic E-state index is 0.0791. The summed E-state index contributed by atoms with van der Waals surface area (Å²) in [6.45, 7) is 7.40. The Balaban J connectivity index is 1.81. The molecule has 2 heterocycles. The SMILES string of the molecule is CC(C)(C)COc1ccc2c(c1)[C@@]1(COC(N)=N1)c1ccccc1O2. The quantitative estimate of drug-likeness (QED) is 0.904. The van der Waals surface area contributed by atoms with Crippen molar-refractivity contribution < 1.29 is 14.2 Å². The Kier molecular flexibility index (Phi) is 3.42. The fraction of sp³-hybridized carbons (Fsp3) is 0.350. The second kappa shape index (κ2) is 5.41. The highest BCUT2D eigenvalue weighted by atomic mass is 16.5. The summed E-state index contributed by atoms with van der Waals surface area (Å²) in [4.78, 5) is 4.65. The lowest BCUT2D eigenvalue weighted by Crippen LogP contribution is -2.31. The number of nitrogens with zero attached hydrogens (tertiary/aromatic N) is 1. The van der Waals surface area contributed by atoms with Gasteiger partial charge >= 0.3 is 0 Å². The summed E-state index contributed by atoms with van der Waals surface area (Å²) in [5.74, 6) is 2.32. The number of nitrogens with two attached hydrogens (primary N) is 1. The number of ether oxygens (including phenoxy) is 3. The fourth-order valence-electron chi connectivity index (χ4n) is 3.18. The van der Waals surface area contributed by atoms with Crippen molar-refractivity contribution in [2.75, 3.05) is 13.2 Å². The Morgan fingerprint density at radius 3 is 2.60 bits per heavy atom. The number of fused-ring (bicyclic) bond motifs is 4. The molecule has 0 bridgehead atoms. The molecule has 0 amide bonds. The molecule has 0 aromatic heterocycles. The molecule has 0 fully saturated rings. The van der Waals surface area contributed by atoms with Gasteiger partial charge in [0.2, 0.25) is 0 Å². The van der Waals surface area contributed by atoms with Gasteiger partial charge in [0.05, 0.1) is 6.61 Å². The van der Waals surface area contributed by atoms with Crippen molar-refractivity contribution in [1.82, 2.24) is 0 Å². The molecule has 2 aromatic carbocycles. The summed E-state index contributed by atoms with van der Waals surface area (Å²) in [6.07, 6.45) is 0. The van der Waals surface area contributed by atoms with Crippen LogP contribution in [-0.2, 0) is 10.3 Å². The van der Waals surface area contributed by atoms with Crippen molar-refractivity contribution in [2.45, 2.75) is 26.3 Å². The van der Waals surface area contributed by atoms with Crippen molar-refractivity contribution in [3.05, 3.63) is 53.6 Å². The van der Waals surface area contributed by atoms with E-state index in [1.54, 1.807) is 0 Å². The molecule has 4 rings (SSSR count). The highest BCUT2D eigenvalue weighted by Crippen LogP contribution is 2.51. The van der Waals surface area contributed by atoms with Crippen LogP contribution in [0.15, 0.2) is 47.5 Å². The van der Waals surface area contributed by atoms with Gasteiger partial charge in [-0.15, -0.1) is 0 Å². The molecule has 25 heavy (non-hydrogen) atoms. The number of para-hydroxylation sites is 1. The molecule has 1 atom stereocenters. The molecule has 0 saturated carbocycles. The van der Waals surface area contributed by atoms with Crippen LogP contribution in [0.5, 0.6) is 17.2 Å². The van der Waals surface area contributed by atoms with E-state index in [2.05, 4.69) is 25.8 Å². The highest BCUT2D eigenvalue weighted by molar-refractivity contribution is 5.76. The van der Waals surface area contributed by atoms with Crippen molar-refractivity contribution in [2.24, 2.45) is 16.1 Å². The normalized spacial score (nSPS) is 21.0. The Hall–Kier alpha value is -2.69. The van der Waals surface area contributed by atoms with Gasteiger partial charge in [-0.1, -0.05) is 39.0 Å². The molecule has 0 aliphatic carbocycles. The zero-order chi connectivity index (χ0) is 17.7. The molecule has 0 radical (unpaired) electrons. The minimum atomic E-state index is -0.685. The molecule has 1 spiro atoms. The number of rotatable bonds is 2. The summed E-state index contributed by atoms with van der Waals surface area (Å²) in [5.41, 5.74) is 7.13. The van der Waals surface area contributed by atoms with Gasteiger partial charge in [0, 0.05) is 11.1 Å². The predicted molar refractivity (Wildman–Crippen MR) is 96.3 cm³/mol. The topological polar surface area (TPSA) is 66.1 Å². The zero-order valence-corrected chi connectivity index (χ0v) is 14.7. The van der Waals surface area contributed by atoms with Crippen LogP contribution in [0.1, 0.15) is 31.9 Å². The van der Waals surface area contributed by atoms with Crippen molar-refractivity contribution >= 4 is 6.02 Å². The lowest BCUT2D eigenvalue weighted by molar-refractivity contribution is 0.197. The van der Waals surface area contributed by atoms with E-state index in [-0.39, 0.29) is 11.4 Å². The number of hydrogen-bond donors (Lipinski definition) is 1. The van der Waals surface area contributed by atoms with Crippen molar-refractivity contribution in [3.63, 3.8) is 0 Å². The van der Waals surface area contributed by atoms with E-state index in [1.807, 2.05) is 42.5 Å². The van der Waals surface area contributed by atoms with Gasteiger partial charge in [0.25, 0.3) is 6.02 Å². The van der Waals surface area contributed by atoms with Crippen LogP contribution >= 0.6 is 0 Å². The molecule has 2 aromatic rings. The highest BCUT2D eigenvalue weighted by Gasteiger charge is 2.46. The third kappa shape index (κ3) is 2.69. The Morgan fingerprint density at radius 2 is 1.88 bits per heavy atom. The lowest BCUT2D eigenvalue weighted by Gasteiger charge is -2.33. The van der Waals surface area contributed by atoms with Crippen molar-refractivity contribution in [1.29, 1.82) is 0 Å². The summed E-state index contributed by atoms with van der Waals surface area (Å²) >= 11 is 0. The second-order valence-electron chi connectivity index (χ2n) is 7.70. The van der Waals surface area contributed by atoms with Crippen LogP contribution in [0.4, 0.5) is 0 Å². The van der Waals surface area contributed by atoms with Crippen LogP contribution < -0.4 is 15.2 Å². The van der Waals surface area contributed by atoms with Crippen LogP contribution in [0.25, 0.3) is 0 Å². The maximum Gasteiger partial charge on any atom is 0.283 e. The van der Waals surface area contributed by atoms with Gasteiger partial charge in [0.15, 0.2) is 5.54 Å². The minimum Gasteiger partial charge on any atom is -0.493 e. The first-order chi connectivity index (χ1) is 11.9. The summed E-state index contributed by atoms with van der Waals surface area (Å²) in [7, 11) is 0. The molecule has 5 nitrogen and oxygen atoms in total. The summed E-state index contributed by atoms with van der Waals surface area (Å²) in [5, 5.41) is 0. The molecule has 5 heteroatoms. The van der Waals surface area contributed by atoms with Gasteiger partial charge in [-0.2, -0.15) is 0 Å². The Labute approximate surface area is 147 Å². The van der Waals surface area contributed by atoms with Crippen LogP contribution in [0, 0.1) is 5.41 Å². The Bertz CT molecular complexity index is 854. The Morgan fingerprint density at radius 1 is 1.12 bits per heavy atom. The van der Waals surface area contributed by atoms with E-state index in [1.165, 1.54) is 0 Å². The van der Waals surface area contributed by atoms with E-state index in [0.717, 1.165) is 28.4 Å². The average molecular weight is 338 g/mol. The molecule has 130 valence electrons. The number of benzene rings is 2. The maximum atomic E-state index is 6.08. The number of aliphatic imine (C=N–C) groups is 1. The first-order valence-corrected chi connectivity index (χ1v) is 8.40. The molecular formula is C20H22N2O3. The van der Waals surface area contributed by atoms with Gasteiger partial charge in [0.1, 0.15) is 23.9 Å². The summed E-state index contributed by atoms with van der Waals surface area (Å²) < 4.78 is 17.6. The molecule has 2 aliphatic heterocycles. The number of hydrogen-bond acceptors (Lipinski definition) is 5. The third-order valence-corrected chi connectivity index (χ3v) is 4.35. The van der Waals surface area contributed by atoms with Crippen LogP contribution in [-0.4, -0.2) is 19.2 Å². The average Bonchev–Trinajstić information content (AvgIpc) is 2.96. The van der Waals surface area contributed by atoms with Gasteiger partial charge < -0.3 is 19.9 Å². The molecule has 2 aliphatic rings. The van der Waals surface area contributed by atoms with E-state index < -0.39 is 5.54 Å². The van der Waals surface area contributed by atoms with Crippen molar-refractivity contribution in [3.8, 4) is 17.2 Å². The number of amidine groups is 1. The molecular weight excluding hydrogens is 316 g/mol. The van der Waals surface area contributed by atoms with E-state index in [4.69, 9.17) is 19.9 Å². The third-order valence-electron chi connectivity index (χ3n) is 4.35. The lowest BCUT2D eigenvalue weighted by atomic mass is 9.81. The maximum absolute atomic E-state index is 6.08. The second-order valence-corrected chi connectivity index (χ2v) is 7.70. The first-order valence-electron chi connectivity index (χ1n) is 8.40. The van der Waals surface area contributed by atoms with Gasteiger partial charge in [-0.3, -0.25) is 0 Å². The van der Waals surface area contributed by atoms with Gasteiger partial charge in [-0.05, 0) is 29.7 Å². The predicted octanol–water partition coefficient (Wildman–Crippen LogP) is 3.81. The molecule has 0 unspecified atom stereocenters. The van der Waals surface area contributed by atoms with E-state index in [9.17, 15) is 0 Å². The summed E-state index contributed by atoms with van der Waals surface area (Å²) in [6, 6.07) is 13.9. The largest absolute Gasteiger partial charge is 0.493 e. The zero-order valence-electron chi connectivity index (χ0n) is 14.7. The molecule has 2 N–H and O–H groups in total. The fourth-order valence-corrected chi connectivity index (χ4v) is 3.18. The van der Waals surface area contributed by atoms with E-state index >= 15 is 0 Å².